The lowest BCUT2D eigenvalue weighted by atomic mass is 9.88. The van der Waals surface area contributed by atoms with E-state index in [0.29, 0.717) is 19.0 Å². The first-order valence-corrected chi connectivity index (χ1v) is 6.16. The number of rotatable bonds is 5. The van der Waals surface area contributed by atoms with Gasteiger partial charge in [-0.3, -0.25) is 0 Å². The van der Waals surface area contributed by atoms with Gasteiger partial charge in [0.2, 0.25) is 0 Å². The molecular weight excluding hydrogens is 239 g/mol. The minimum atomic E-state index is -0.384. The number of halogens is 2. The van der Waals surface area contributed by atoms with Crippen LogP contribution in [0, 0.1) is 11.7 Å². The van der Waals surface area contributed by atoms with Crippen molar-refractivity contribution in [3.8, 4) is 0 Å². The maximum absolute atomic E-state index is 13.3. The van der Waals surface area contributed by atoms with Crippen molar-refractivity contribution < 1.29 is 4.39 Å². The highest BCUT2D eigenvalue weighted by atomic mass is 35.5. The van der Waals surface area contributed by atoms with Gasteiger partial charge >= 0.3 is 0 Å². The molecule has 0 amide bonds. The van der Waals surface area contributed by atoms with Crippen molar-refractivity contribution in [1.82, 2.24) is 5.32 Å². The summed E-state index contributed by atoms with van der Waals surface area (Å²) in [5.41, 5.74) is 6.49. The first-order valence-electron chi connectivity index (χ1n) is 5.78. The van der Waals surface area contributed by atoms with Crippen molar-refractivity contribution in [2.75, 3.05) is 6.54 Å². The molecular formula is C13H20ClFN2. The second-order valence-corrected chi connectivity index (χ2v) is 5.29. The van der Waals surface area contributed by atoms with Crippen LogP contribution in [0.3, 0.4) is 0 Å². The molecule has 1 aromatic rings. The van der Waals surface area contributed by atoms with Crippen LogP contribution in [0.2, 0.25) is 5.02 Å². The fraction of sp³-hybridized carbons (Fsp3) is 0.538. The highest BCUT2D eigenvalue weighted by molar-refractivity contribution is 6.30. The molecule has 0 saturated carbocycles. The minimum Gasteiger partial charge on any atom is -0.329 e. The smallest absolute Gasteiger partial charge is 0.142 e. The van der Waals surface area contributed by atoms with Crippen molar-refractivity contribution in [1.29, 1.82) is 0 Å². The average molecular weight is 259 g/mol. The number of benzene rings is 1. The van der Waals surface area contributed by atoms with Crippen LogP contribution in [-0.4, -0.2) is 12.1 Å². The molecule has 0 bridgehead atoms. The van der Waals surface area contributed by atoms with E-state index in [9.17, 15) is 4.39 Å². The summed E-state index contributed by atoms with van der Waals surface area (Å²) in [4.78, 5) is 0. The molecule has 0 aliphatic rings. The van der Waals surface area contributed by atoms with Gasteiger partial charge in [0, 0.05) is 18.6 Å². The first kappa shape index (κ1) is 14.4. The molecule has 0 radical (unpaired) electrons. The molecule has 0 spiro atoms. The van der Waals surface area contributed by atoms with Gasteiger partial charge in [0.15, 0.2) is 0 Å². The van der Waals surface area contributed by atoms with E-state index in [0.717, 1.165) is 5.56 Å². The third-order valence-corrected chi connectivity index (χ3v) is 3.69. The highest BCUT2D eigenvalue weighted by Gasteiger charge is 2.25. The van der Waals surface area contributed by atoms with Crippen molar-refractivity contribution >= 4 is 11.6 Å². The number of hydrogen-bond acceptors (Lipinski definition) is 2. The molecule has 4 heteroatoms. The molecule has 1 rings (SSSR count). The molecule has 1 aromatic carbocycles. The molecule has 0 saturated heterocycles. The summed E-state index contributed by atoms with van der Waals surface area (Å²) >= 11 is 5.63. The van der Waals surface area contributed by atoms with Gasteiger partial charge in [-0.1, -0.05) is 31.5 Å². The lowest BCUT2D eigenvalue weighted by Crippen LogP contribution is -2.52. The summed E-state index contributed by atoms with van der Waals surface area (Å²) in [6, 6.07) is 4.84. The number of nitrogens with one attached hydrogen (secondary N) is 1. The zero-order chi connectivity index (χ0) is 13.1. The third-order valence-electron chi connectivity index (χ3n) is 3.38. The standard InChI is InChI=1S/C13H20ClFN2/c1-9(2)13(3,8-16)17-7-10-4-5-11(14)12(15)6-10/h4-6,9,17H,7-8,16H2,1-3H3. The summed E-state index contributed by atoms with van der Waals surface area (Å²) < 4.78 is 13.3. The maximum Gasteiger partial charge on any atom is 0.142 e. The van der Waals surface area contributed by atoms with Gasteiger partial charge in [-0.2, -0.15) is 0 Å². The molecule has 0 heterocycles. The van der Waals surface area contributed by atoms with Gasteiger partial charge in [0.05, 0.1) is 5.02 Å². The van der Waals surface area contributed by atoms with Crippen LogP contribution in [0.25, 0.3) is 0 Å². The normalized spacial score (nSPS) is 15.0. The summed E-state index contributed by atoms with van der Waals surface area (Å²) in [5.74, 6) is 0.0228. The zero-order valence-electron chi connectivity index (χ0n) is 10.6. The van der Waals surface area contributed by atoms with E-state index in [1.165, 1.54) is 6.07 Å². The highest BCUT2D eigenvalue weighted by Crippen LogP contribution is 2.18. The van der Waals surface area contributed by atoms with E-state index in [2.05, 4.69) is 26.1 Å². The minimum absolute atomic E-state index is 0.143. The molecule has 0 fully saturated rings. The second kappa shape index (κ2) is 5.80. The van der Waals surface area contributed by atoms with Crippen molar-refractivity contribution in [3.63, 3.8) is 0 Å². The van der Waals surface area contributed by atoms with Gasteiger partial charge in [0.1, 0.15) is 5.82 Å². The third kappa shape index (κ3) is 3.66. The van der Waals surface area contributed by atoms with E-state index in [1.807, 2.05) is 6.07 Å². The molecule has 0 aliphatic heterocycles. The predicted octanol–water partition coefficient (Wildman–Crippen LogP) is 2.94. The fourth-order valence-corrected chi connectivity index (χ4v) is 1.58. The van der Waals surface area contributed by atoms with Crippen molar-refractivity contribution in [2.45, 2.75) is 32.9 Å². The molecule has 1 unspecified atom stereocenters. The number of hydrogen-bond donors (Lipinski definition) is 2. The van der Waals surface area contributed by atoms with Crippen molar-refractivity contribution in [3.05, 3.63) is 34.6 Å². The van der Waals surface area contributed by atoms with E-state index in [-0.39, 0.29) is 16.4 Å². The second-order valence-electron chi connectivity index (χ2n) is 4.88. The topological polar surface area (TPSA) is 38.0 Å². The Morgan fingerprint density at radius 3 is 2.59 bits per heavy atom. The van der Waals surface area contributed by atoms with Crippen LogP contribution in [0.4, 0.5) is 4.39 Å². The van der Waals surface area contributed by atoms with Gasteiger partial charge < -0.3 is 11.1 Å². The Labute approximate surface area is 107 Å². The van der Waals surface area contributed by atoms with Crippen molar-refractivity contribution in [2.24, 2.45) is 11.7 Å². The molecule has 2 nitrogen and oxygen atoms in total. The monoisotopic (exact) mass is 258 g/mol. The lowest BCUT2D eigenvalue weighted by molar-refractivity contribution is 0.267. The Bertz CT molecular complexity index is 382. The van der Waals surface area contributed by atoms with E-state index in [1.54, 1.807) is 6.07 Å². The number of nitrogens with two attached hydrogens (primary N) is 1. The first-order chi connectivity index (χ1) is 7.89. The van der Waals surface area contributed by atoms with E-state index in [4.69, 9.17) is 17.3 Å². The molecule has 96 valence electrons. The lowest BCUT2D eigenvalue weighted by Gasteiger charge is -2.33. The molecule has 0 aromatic heterocycles. The van der Waals surface area contributed by atoms with Gasteiger partial charge in [-0.15, -0.1) is 0 Å². The Morgan fingerprint density at radius 2 is 2.12 bits per heavy atom. The van der Waals surface area contributed by atoms with Gasteiger partial charge in [-0.05, 0) is 30.5 Å². The van der Waals surface area contributed by atoms with E-state index < -0.39 is 0 Å². The molecule has 1 atom stereocenters. The molecule has 17 heavy (non-hydrogen) atoms. The van der Waals surface area contributed by atoms with Crippen LogP contribution in [-0.2, 0) is 6.54 Å². The Balaban J connectivity index is 2.69. The van der Waals surface area contributed by atoms with Gasteiger partial charge in [-0.25, -0.2) is 4.39 Å². The Hall–Kier alpha value is -0.640. The van der Waals surface area contributed by atoms with Crippen LogP contribution in [0.1, 0.15) is 26.3 Å². The Kier molecular flexibility index (Phi) is 4.92. The molecule has 3 N–H and O–H groups in total. The largest absolute Gasteiger partial charge is 0.329 e. The van der Waals surface area contributed by atoms with Gasteiger partial charge in [0.25, 0.3) is 0 Å². The summed E-state index contributed by atoms with van der Waals surface area (Å²) in [6.45, 7) is 7.43. The fourth-order valence-electron chi connectivity index (χ4n) is 1.47. The van der Waals surface area contributed by atoms with E-state index >= 15 is 0 Å². The quantitative estimate of drug-likeness (QED) is 0.852. The summed E-state index contributed by atoms with van der Waals surface area (Å²) in [6.07, 6.45) is 0. The van der Waals surface area contributed by atoms with Crippen LogP contribution in [0.5, 0.6) is 0 Å². The molecule has 0 aliphatic carbocycles. The maximum atomic E-state index is 13.3. The summed E-state index contributed by atoms with van der Waals surface area (Å²) in [7, 11) is 0. The zero-order valence-corrected chi connectivity index (χ0v) is 11.3. The van der Waals surface area contributed by atoms with Crippen LogP contribution >= 0.6 is 11.6 Å². The van der Waals surface area contributed by atoms with Crippen LogP contribution < -0.4 is 11.1 Å². The Morgan fingerprint density at radius 1 is 1.47 bits per heavy atom. The average Bonchev–Trinajstić information content (AvgIpc) is 2.30. The predicted molar refractivity (Wildman–Crippen MR) is 70.5 cm³/mol. The SMILES string of the molecule is CC(C)C(C)(CN)NCc1ccc(Cl)c(F)c1. The van der Waals surface area contributed by atoms with Crippen LogP contribution in [0.15, 0.2) is 18.2 Å². The summed E-state index contributed by atoms with van der Waals surface area (Å²) in [5, 5.41) is 3.53.